The van der Waals surface area contributed by atoms with Crippen molar-refractivity contribution in [1.82, 2.24) is 5.32 Å². The Kier molecular flexibility index (Phi) is 6.01. The standard InChI is InChI=1S/C13H18ClNO2/c1-3-12(9-17-2)15-13(16)11-6-4-5-10(7-11)8-14/h4-7,12H,3,8-9H2,1-2H3,(H,15,16). The highest BCUT2D eigenvalue weighted by Gasteiger charge is 2.11. The van der Waals surface area contributed by atoms with Crippen molar-refractivity contribution in [2.75, 3.05) is 13.7 Å². The molecule has 0 bridgehead atoms. The number of benzene rings is 1. The summed E-state index contributed by atoms with van der Waals surface area (Å²) in [6, 6.07) is 7.37. The van der Waals surface area contributed by atoms with E-state index in [0.29, 0.717) is 18.1 Å². The Morgan fingerprint density at radius 2 is 2.29 bits per heavy atom. The van der Waals surface area contributed by atoms with Gasteiger partial charge in [0.15, 0.2) is 0 Å². The van der Waals surface area contributed by atoms with E-state index in [4.69, 9.17) is 16.3 Å². The Labute approximate surface area is 107 Å². The summed E-state index contributed by atoms with van der Waals surface area (Å²) in [7, 11) is 1.63. The number of carbonyl (C=O) groups excluding carboxylic acids is 1. The fraction of sp³-hybridized carbons (Fsp3) is 0.462. The smallest absolute Gasteiger partial charge is 0.251 e. The summed E-state index contributed by atoms with van der Waals surface area (Å²) in [6.45, 7) is 2.54. The van der Waals surface area contributed by atoms with Crippen molar-refractivity contribution in [3.05, 3.63) is 35.4 Å². The first-order valence-corrected chi connectivity index (χ1v) is 6.19. The second-order valence-corrected chi connectivity index (χ2v) is 4.14. The molecule has 0 heterocycles. The Hall–Kier alpha value is -1.06. The molecule has 17 heavy (non-hydrogen) atoms. The first kappa shape index (κ1) is 14.0. The third-order valence-electron chi connectivity index (χ3n) is 2.54. The average Bonchev–Trinajstić information content (AvgIpc) is 2.38. The molecular weight excluding hydrogens is 238 g/mol. The number of amides is 1. The first-order chi connectivity index (χ1) is 8.21. The van der Waals surface area contributed by atoms with Crippen LogP contribution in [0.15, 0.2) is 24.3 Å². The van der Waals surface area contributed by atoms with Crippen LogP contribution >= 0.6 is 11.6 Å². The maximum atomic E-state index is 11.9. The highest BCUT2D eigenvalue weighted by atomic mass is 35.5. The molecule has 1 N–H and O–H groups in total. The fourth-order valence-electron chi connectivity index (χ4n) is 1.53. The number of halogens is 1. The molecule has 0 fully saturated rings. The van der Waals surface area contributed by atoms with Crippen molar-refractivity contribution in [1.29, 1.82) is 0 Å². The molecule has 1 amide bonds. The van der Waals surface area contributed by atoms with Gasteiger partial charge in [0, 0.05) is 18.6 Å². The Morgan fingerprint density at radius 1 is 1.53 bits per heavy atom. The number of nitrogens with one attached hydrogen (secondary N) is 1. The minimum atomic E-state index is -0.0825. The van der Waals surface area contributed by atoms with Crippen molar-refractivity contribution in [2.24, 2.45) is 0 Å². The van der Waals surface area contributed by atoms with Crippen LogP contribution in [0.2, 0.25) is 0 Å². The number of ether oxygens (including phenoxy) is 1. The van der Waals surface area contributed by atoms with Crippen LogP contribution in [0.3, 0.4) is 0 Å². The first-order valence-electron chi connectivity index (χ1n) is 5.66. The lowest BCUT2D eigenvalue weighted by atomic mass is 10.1. The summed E-state index contributed by atoms with van der Waals surface area (Å²) in [6.07, 6.45) is 0.842. The molecule has 0 spiro atoms. The minimum Gasteiger partial charge on any atom is -0.383 e. The lowest BCUT2D eigenvalue weighted by Crippen LogP contribution is -2.37. The number of hydrogen-bond acceptors (Lipinski definition) is 2. The molecule has 0 aliphatic heterocycles. The summed E-state index contributed by atoms with van der Waals surface area (Å²) in [4.78, 5) is 11.9. The van der Waals surface area contributed by atoms with Gasteiger partial charge >= 0.3 is 0 Å². The van der Waals surface area contributed by atoms with Crippen LogP contribution < -0.4 is 5.32 Å². The molecular formula is C13H18ClNO2. The van der Waals surface area contributed by atoms with Crippen molar-refractivity contribution in [3.8, 4) is 0 Å². The molecule has 3 nitrogen and oxygen atoms in total. The highest BCUT2D eigenvalue weighted by Crippen LogP contribution is 2.08. The van der Waals surface area contributed by atoms with Gasteiger partial charge in [-0.2, -0.15) is 0 Å². The molecule has 94 valence electrons. The molecule has 0 aromatic heterocycles. The molecule has 0 radical (unpaired) electrons. The van der Waals surface area contributed by atoms with Crippen LogP contribution in [-0.4, -0.2) is 25.7 Å². The maximum Gasteiger partial charge on any atom is 0.251 e. The van der Waals surface area contributed by atoms with Crippen molar-refractivity contribution < 1.29 is 9.53 Å². The van der Waals surface area contributed by atoms with E-state index in [1.807, 2.05) is 25.1 Å². The summed E-state index contributed by atoms with van der Waals surface area (Å²) in [5.41, 5.74) is 1.58. The van der Waals surface area contributed by atoms with Crippen molar-refractivity contribution in [3.63, 3.8) is 0 Å². The van der Waals surface area contributed by atoms with E-state index >= 15 is 0 Å². The lowest BCUT2D eigenvalue weighted by Gasteiger charge is -2.16. The molecule has 1 aromatic rings. The molecule has 0 saturated heterocycles. The highest BCUT2D eigenvalue weighted by molar-refractivity contribution is 6.17. The molecule has 4 heteroatoms. The maximum absolute atomic E-state index is 11.9. The number of rotatable bonds is 6. The summed E-state index contributed by atoms with van der Waals surface area (Å²) >= 11 is 5.73. The van der Waals surface area contributed by atoms with Crippen LogP contribution in [-0.2, 0) is 10.6 Å². The normalized spacial score (nSPS) is 12.2. The Balaban J connectivity index is 2.68. The topological polar surface area (TPSA) is 38.3 Å². The van der Waals surface area contributed by atoms with E-state index in [2.05, 4.69) is 5.32 Å². The second-order valence-electron chi connectivity index (χ2n) is 3.87. The molecule has 1 atom stereocenters. The molecule has 1 rings (SSSR count). The van der Waals surface area contributed by atoms with Gasteiger partial charge in [0.05, 0.1) is 12.6 Å². The second kappa shape index (κ2) is 7.30. The van der Waals surface area contributed by atoms with Gasteiger partial charge in [0.25, 0.3) is 5.91 Å². The zero-order chi connectivity index (χ0) is 12.7. The number of methoxy groups -OCH3 is 1. The zero-order valence-electron chi connectivity index (χ0n) is 10.2. The fourth-order valence-corrected chi connectivity index (χ4v) is 1.69. The number of hydrogen-bond donors (Lipinski definition) is 1. The van der Waals surface area contributed by atoms with Crippen LogP contribution in [0.25, 0.3) is 0 Å². The van der Waals surface area contributed by atoms with Crippen molar-refractivity contribution >= 4 is 17.5 Å². The van der Waals surface area contributed by atoms with Gasteiger partial charge in [-0.05, 0) is 24.1 Å². The molecule has 0 aliphatic rings. The quantitative estimate of drug-likeness (QED) is 0.794. The average molecular weight is 256 g/mol. The summed E-state index contributed by atoms with van der Waals surface area (Å²) in [5.74, 6) is 0.331. The summed E-state index contributed by atoms with van der Waals surface area (Å²) < 4.78 is 5.04. The molecule has 1 unspecified atom stereocenters. The van der Waals surface area contributed by atoms with Gasteiger partial charge in [0.2, 0.25) is 0 Å². The van der Waals surface area contributed by atoms with E-state index in [-0.39, 0.29) is 11.9 Å². The zero-order valence-corrected chi connectivity index (χ0v) is 11.0. The van der Waals surface area contributed by atoms with E-state index in [0.717, 1.165) is 12.0 Å². The van der Waals surface area contributed by atoms with E-state index in [1.54, 1.807) is 13.2 Å². The Morgan fingerprint density at radius 3 is 2.88 bits per heavy atom. The third-order valence-corrected chi connectivity index (χ3v) is 2.85. The van der Waals surface area contributed by atoms with Gasteiger partial charge in [-0.3, -0.25) is 4.79 Å². The van der Waals surface area contributed by atoms with E-state index < -0.39 is 0 Å². The van der Waals surface area contributed by atoms with Crippen LogP contribution in [0.4, 0.5) is 0 Å². The van der Waals surface area contributed by atoms with Crippen LogP contribution in [0, 0.1) is 0 Å². The Bertz CT molecular complexity index is 368. The largest absolute Gasteiger partial charge is 0.383 e. The third kappa shape index (κ3) is 4.36. The van der Waals surface area contributed by atoms with Gasteiger partial charge < -0.3 is 10.1 Å². The minimum absolute atomic E-state index is 0.0483. The predicted octanol–water partition coefficient (Wildman–Crippen LogP) is 2.58. The van der Waals surface area contributed by atoms with E-state index in [9.17, 15) is 4.79 Å². The van der Waals surface area contributed by atoms with Crippen molar-refractivity contribution in [2.45, 2.75) is 25.3 Å². The summed E-state index contributed by atoms with van der Waals surface area (Å²) in [5, 5.41) is 2.93. The van der Waals surface area contributed by atoms with Gasteiger partial charge in [-0.15, -0.1) is 11.6 Å². The van der Waals surface area contributed by atoms with Crippen LogP contribution in [0.1, 0.15) is 29.3 Å². The number of alkyl halides is 1. The van der Waals surface area contributed by atoms with Gasteiger partial charge in [0.1, 0.15) is 0 Å². The molecule has 0 aliphatic carbocycles. The number of carbonyl (C=O) groups is 1. The van der Waals surface area contributed by atoms with Gasteiger partial charge in [-0.1, -0.05) is 19.1 Å². The monoisotopic (exact) mass is 255 g/mol. The molecule has 1 aromatic carbocycles. The predicted molar refractivity (Wildman–Crippen MR) is 69.4 cm³/mol. The van der Waals surface area contributed by atoms with Crippen LogP contribution in [0.5, 0.6) is 0 Å². The van der Waals surface area contributed by atoms with Gasteiger partial charge in [-0.25, -0.2) is 0 Å². The van der Waals surface area contributed by atoms with E-state index in [1.165, 1.54) is 0 Å². The lowest BCUT2D eigenvalue weighted by molar-refractivity contribution is 0.0894. The SMILES string of the molecule is CCC(COC)NC(=O)c1cccc(CCl)c1. The molecule has 0 saturated carbocycles.